The Labute approximate surface area is 128 Å². The molecule has 1 aliphatic carbocycles. The summed E-state index contributed by atoms with van der Waals surface area (Å²) in [5.74, 6) is -1.60. The number of nitrogens with one attached hydrogen (secondary N) is 1. The molecule has 2 rings (SSSR count). The van der Waals surface area contributed by atoms with E-state index in [1.54, 1.807) is 0 Å². The van der Waals surface area contributed by atoms with Gasteiger partial charge in [0.1, 0.15) is 5.82 Å². The smallest absolute Gasteiger partial charge is 0.339 e. The topological polar surface area (TPSA) is 98.5 Å². The Kier molecular flexibility index (Phi) is 5.15. The van der Waals surface area contributed by atoms with Crippen molar-refractivity contribution >= 4 is 16.0 Å². The Morgan fingerprint density at radius 2 is 1.95 bits per heavy atom. The van der Waals surface area contributed by atoms with E-state index in [0.717, 1.165) is 38.2 Å². The molecule has 1 aliphatic rings. The molecular formula is C14H19FN2O4S. The summed E-state index contributed by atoms with van der Waals surface area (Å²) in [7, 11) is -2.83. The van der Waals surface area contributed by atoms with Crippen LogP contribution in [0.4, 0.5) is 4.39 Å². The van der Waals surface area contributed by atoms with Crippen molar-refractivity contribution in [3.8, 4) is 0 Å². The number of hydrogen-bond donors (Lipinski definition) is 2. The molecular weight excluding hydrogens is 311 g/mol. The summed E-state index contributed by atoms with van der Waals surface area (Å²) in [4.78, 5) is 11.4. The molecule has 0 heterocycles. The average Bonchev–Trinajstić information content (AvgIpc) is 2.48. The molecule has 1 fully saturated rings. The molecule has 0 spiro atoms. The molecule has 0 radical (unpaired) electrons. The van der Waals surface area contributed by atoms with E-state index in [-0.39, 0.29) is 22.5 Å². The summed E-state index contributed by atoms with van der Waals surface area (Å²) in [5, 5.41) is 0. The van der Waals surface area contributed by atoms with Crippen LogP contribution in [0.3, 0.4) is 0 Å². The predicted octanol–water partition coefficient (Wildman–Crippen LogP) is 1.16. The van der Waals surface area contributed by atoms with Gasteiger partial charge in [0.05, 0.1) is 17.6 Å². The molecule has 1 aromatic carbocycles. The van der Waals surface area contributed by atoms with Gasteiger partial charge in [0.15, 0.2) is 0 Å². The van der Waals surface area contributed by atoms with Crippen LogP contribution in [0, 0.1) is 5.82 Å². The van der Waals surface area contributed by atoms with Crippen molar-refractivity contribution in [2.75, 3.05) is 7.11 Å². The first kappa shape index (κ1) is 16.9. The van der Waals surface area contributed by atoms with Crippen LogP contribution in [-0.2, 0) is 14.8 Å². The molecule has 22 heavy (non-hydrogen) atoms. The largest absolute Gasteiger partial charge is 0.465 e. The number of carbonyl (C=O) groups is 1. The number of ether oxygens (including phenoxy) is 1. The predicted molar refractivity (Wildman–Crippen MR) is 78.3 cm³/mol. The Hall–Kier alpha value is -1.51. The third-order valence-electron chi connectivity index (χ3n) is 3.73. The Balaban J connectivity index is 2.27. The van der Waals surface area contributed by atoms with Gasteiger partial charge in [-0.3, -0.25) is 0 Å². The number of esters is 1. The fraction of sp³-hybridized carbons (Fsp3) is 0.500. The number of halogens is 1. The highest BCUT2D eigenvalue weighted by atomic mass is 32.2. The molecule has 1 saturated carbocycles. The highest BCUT2D eigenvalue weighted by Crippen LogP contribution is 2.22. The number of rotatable bonds is 4. The van der Waals surface area contributed by atoms with Gasteiger partial charge in [-0.1, -0.05) is 0 Å². The average molecular weight is 330 g/mol. The summed E-state index contributed by atoms with van der Waals surface area (Å²) in [6.45, 7) is 0. The number of sulfonamides is 1. The summed E-state index contributed by atoms with van der Waals surface area (Å²) in [6.07, 6.45) is 2.74. The van der Waals surface area contributed by atoms with E-state index < -0.39 is 21.8 Å². The monoisotopic (exact) mass is 330 g/mol. The van der Waals surface area contributed by atoms with Gasteiger partial charge in [-0.15, -0.1) is 0 Å². The third-order valence-corrected chi connectivity index (χ3v) is 5.31. The van der Waals surface area contributed by atoms with E-state index in [4.69, 9.17) is 5.73 Å². The molecule has 0 bridgehead atoms. The summed E-state index contributed by atoms with van der Waals surface area (Å²) in [5.41, 5.74) is 5.47. The minimum Gasteiger partial charge on any atom is -0.465 e. The Bertz CT molecular complexity index is 655. The van der Waals surface area contributed by atoms with Crippen molar-refractivity contribution in [1.29, 1.82) is 0 Å². The molecule has 0 unspecified atom stereocenters. The fourth-order valence-electron chi connectivity index (χ4n) is 2.53. The number of carbonyl (C=O) groups excluding carboxylic acids is 1. The van der Waals surface area contributed by atoms with Crippen LogP contribution in [0.15, 0.2) is 23.1 Å². The maximum atomic E-state index is 13.3. The second-order valence-corrected chi connectivity index (χ2v) is 7.05. The van der Waals surface area contributed by atoms with Crippen molar-refractivity contribution in [2.24, 2.45) is 5.73 Å². The van der Waals surface area contributed by atoms with Gasteiger partial charge >= 0.3 is 5.97 Å². The molecule has 0 saturated heterocycles. The first-order chi connectivity index (χ1) is 10.3. The lowest BCUT2D eigenvalue weighted by molar-refractivity contribution is 0.0595. The molecule has 0 atom stereocenters. The zero-order valence-corrected chi connectivity index (χ0v) is 13.0. The highest BCUT2D eigenvalue weighted by molar-refractivity contribution is 7.89. The van der Waals surface area contributed by atoms with Gasteiger partial charge in [-0.05, 0) is 43.9 Å². The summed E-state index contributed by atoms with van der Waals surface area (Å²) in [6, 6.07) is 2.78. The molecule has 8 heteroatoms. The molecule has 3 N–H and O–H groups in total. The minimum atomic E-state index is -3.94. The SMILES string of the molecule is COC(=O)c1cc(F)ccc1S(=O)(=O)NC1CCC(N)CC1. The zero-order valence-electron chi connectivity index (χ0n) is 12.2. The van der Waals surface area contributed by atoms with E-state index in [1.807, 2.05) is 0 Å². The van der Waals surface area contributed by atoms with Crippen molar-refractivity contribution < 1.29 is 22.3 Å². The number of benzene rings is 1. The third kappa shape index (κ3) is 3.82. The van der Waals surface area contributed by atoms with Crippen molar-refractivity contribution in [2.45, 2.75) is 42.7 Å². The van der Waals surface area contributed by atoms with Gasteiger partial charge in [0, 0.05) is 12.1 Å². The van der Waals surface area contributed by atoms with Crippen LogP contribution in [0.25, 0.3) is 0 Å². The van der Waals surface area contributed by atoms with E-state index in [2.05, 4.69) is 9.46 Å². The molecule has 0 aliphatic heterocycles. The Morgan fingerprint density at radius 1 is 1.32 bits per heavy atom. The van der Waals surface area contributed by atoms with E-state index in [0.29, 0.717) is 12.8 Å². The van der Waals surface area contributed by atoms with Gasteiger partial charge in [0.25, 0.3) is 0 Å². The number of nitrogens with two attached hydrogens (primary N) is 1. The number of methoxy groups -OCH3 is 1. The highest BCUT2D eigenvalue weighted by Gasteiger charge is 2.28. The summed E-state index contributed by atoms with van der Waals surface area (Å²) < 4.78 is 45.3. The van der Waals surface area contributed by atoms with E-state index in [1.165, 1.54) is 0 Å². The number of hydrogen-bond acceptors (Lipinski definition) is 5. The van der Waals surface area contributed by atoms with Crippen LogP contribution < -0.4 is 10.5 Å². The van der Waals surface area contributed by atoms with Crippen LogP contribution in [-0.4, -0.2) is 33.6 Å². The quantitative estimate of drug-likeness (QED) is 0.807. The van der Waals surface area contributed by atoms with Crippen molar-refractivity contribution in [3.05, 3.63) is 29.6 Å². The maximum Gasteiger partial charge on any atom is 0.339 e. The van der Waals surface area contributed by atoms with Gasteiger partial charge in [-0.2, -0.15) is 0 Å². The molecule has 1 aromatic rings. The second-order valence-electron chi connectivity index (χ2n) is 5.37. The standard InChI is InChI=1S/C14H19FN2O4S/c1-21-14(18)12-8-9(15)2-7-13(12)22(19,20)17-11-5-3-10(16)4-6-11/h2,7-8,10-11,17H,3-6,16H2,1H3. The van der Waals surface area contributed by atoms with Gasteiger partial charge in [-0.25, -0.2) is 22.3 Å². The lowest BCUT2D eigenvalue weighted by atomic mass is 9.93. The first-order valence-corrected chi connectivity index (χ1v) is 8.47. The lowest BCUT2D eigenvalue weighted by Crippen LogP contribution is -2.40. The van der Waals surface area contributed by atoms with Crippen LogP contribution in [0.1, 0.15) is 36.0 Å². The second kappa shape index (κ2) is 6.72. The first-order valence-electron chi connectivity index (χ1n) is 6.99. The zero-order chi connectivity index (χ0) is 16.3. The van der Waals surface area contributed by atoms with Gasteiger partial charge < -0.3 is 10.5 Å². The van der Waals surface area contributed by atoms with E-state index >= 15 is 0 Å². The minimum absolute atomic E-state index is 0.0946. The summed E-state index contributed by atoms with van der Waals surface area (Å²) >= 11 is 0. The van der Waals surface area contributed by atoms with Gasteiger partial charge in [0.2, 0.25) is 10.0 Å². The fourth-order valence-corrected chi connectivity index (χ4v) is 4.01. The van der Waals surface area contributed by atoms with E-state index in [9.17, 15) is 17.6 Å². The maximum absolute atomic E-state index is 13.3. The van der Waals surface area contributed by atoms with Crippen LogP contribution in [0.2, 0.25) is 0 Å². The van der Waals surface area contributed by atoms with Crippen LogP contribution in [0.5, 0.6) is 0 Å². The Morgan fingerprint density at radius 3 is 2.55 bits per heavy atom. The lowest BCUT2D eigenvalue weighted by Gasteiger charge is -2.26. The molecule has 6 nitrogen and oxygen atoms in total. The van der Waals surface area contributed by atoms with Crippen molar-refractivity contribution in [1.82, 2.24) is 4.72 Å². The molecule has 0 aromatic heterocycles. The molecule has 0 amide bonds. The van der Waals surface area contributed by atoms with Crippen molar-refractivity contribution in [3.63, 3.8) is 0 Å². The van der Waals surface area contributed by atoms with Crippen LogP contribution >= 0.6 is 0 Å². The molecule has 122 valence electrons. The normalized spacial score (nSPS) is 22.3.